The summed E-state index contributed by atoms with van der Waals surface area (Å²) in [5, 5.41) is 9.60. The fraction of sp³-hybridized carbons (Fsp3) is 0.389. The third kappa shape index (κ3) is 3.39. The number of likely N-dealkylation sites (tertiary alicyclic amines) is 1. The predicted octanol–water partition coefficient (Wildman–Crippen LogP) is 3.70. The van der Waals surface area contributed by atoms with Crippen LogP contribution in [-0.2, 0) is 4.79 Å². The van der Waals surface area contributed by atoms with E-state index in [1.807, 2.05) is 29.2 Å². The summed E-state index contributed by atoms with van der Waals surface area (Å²) in [5.74, 6) is 1.07. The van der Waals surface area contributed by atoms with Crippen LogP contribution in [0, 0.1) is 0 Å². The zero-order valence-corrected chi connectivity index (χ0v) is 15.7. The van der Waals surface area contributed by atoms with Crippen LogP contribution in [0.3, 0.4) is 0 Å². The van der Waals surface area contributed by atoms with Gasteiger partial charge in [0.25, 0.3) is 0 Å². The average Bonchev–Trinajstić information content (AvgIpc) is 3.28. The second-order valence-corrected chi connectivity index (χ2v) is 6.74. The molecule has 1 saturated heterocycles. The maximum Gasteiger partial charge on any atom is 0.320 e. The number of furan rings is 1. The smallest absolute Gasteiger partial charge is 0.320 e. The van der Waals surface area contributed by atoms with Crippen molar-refractivity contribution in [2.75, 3.05) is 20.8 Å². The number of hydrogen-bond donors (Lipinski definition) is 1. The summed E-state index contributed by atoms with van der Waals surface area (Å²) in [4.78, 5) is 13.7. The van der Waals surface area contributed by atoms with E-state index in [0.29, 0.717) is 30.2 Å². The SMILES string of the molecule is COc1cc(Br)c(C(c2ccco2)N2CCCC2C(=O)O)cc1OC. The summed E-state index contributed by atoms with van der Waals surface area (Å²) in [5.41, 5.74) is 0.876. The second kappa shape index (κ2) is 7.49. The Bertz CT molecular complexity index is 746. The van der Waals surface area contributed by atoms with Gasteiger partial charge in [-0.3, -0.25) is 9.69 Å². The summed E-state index contributed by atoms with van der Waals surface area (Å²) in [6, 6.07) is 6.50. The molecule has 0 spiro atoms. The van der Waals surface area contributed by atoms with Crippen molar-refractivity contribution >= 4 is 21.9 Å². The van der Waals surface area contributed by atoms with E-state index in [1.165, 1.54) is 0 Å². The Morgan fingerprint density at radius 3 is 2.68 bits per heavy atom. The van der Waals surface area contributed by atoms with E-state index in [0.717, 1.165) is 16.5 Å². The first kappa shape index (κ1) is 17.8. The minimum atomic E-state index is -0.814. The number of nitrogens with zero attached hydrogens (tertiary/aromatic N) is 1. The molecule has 1 aliphatic rings. The number of carbonyl (C=O) groups is 1. The molecule has 2 atom stereocenters. The highest BCUT2D eigenvalue weighted by atomic mass is 79.9. The largest absolute Gasteiger partial charge is 0.493 e. The molecule has 0 aliphatic carbocycles. The molecule has 7 heteroatoms. The Balaban J connectivity index is 2.12. The van der Waals surface area contributed by atoms with Crippen molar-refractivity contribution in [3.05, 3.63) is 46.3 Å². The van der Waals surface area contributed by atoms with Crippen LogP contribution in [0.4, 0.5) is 0 Å². The number of halogens is 1. The molecule has 0 amide bonds. The number of rotatable bonds is 6. The maximum absolute atomic E-state index is 11.7. The number of carboxylic acids is 1. The molecule has 2 aromatic rings. The highest BCUT2D eigenvalue weighted by Gasteiger charge is 2.39. The van der Waals surface area contributed by atoms with E-state index in [9.17, 15) is 9.90 Å². The number of hydrogen-bond acceptors (Lipinski definition) is 5. The Labute approximate surface area is 154 Å². The van der Waals surface area contributed by atoms with Crippen LogP contribution in [0.2, 0.25) is 0 Å². The van der Waals surface area contributed by atoms with Gasteiger partial charge in [-0.15, -0.1) is 0 Å². The van der Waals surface area contributed by atoms with Gasteiger partial charge < -0.3 is 19.0 Å². The number of carboxylic acid groups (broad SMARTS) is 1. The van der Waals surface area contributed by atoms with E-state index in [1.54, 1.807) is 20.5 Å². The lowest BCUT2D eigenvalue weighted by Crippen LogP contribution is -2.39. The van der Waals surface area contributed by atoms with Crippen LogP contribution in [0.5, 0.6) is 11.5 Å². The zero-order valence-electron chi connectivity index (χ0n) is 14.1. The van der Waals surface area contributed by atoms with Crippen molar-refractivity contribution in [1.82, 2.24) is 4.90 Å². The predicted molar refractivity (Wildman–Crippen MR) is 95.2 cm³/mol. The van der Waals surface area contributed by atoms with E-state index < -0.39 is 12.0 Å². The molecule has 0 radical (unpaired) electrons. The third-order valence-corrected chi connectivity index (χ3v) is 5.21. The minimum Gasteiger partial charge on any atom is -0.493 e. The monoisotopic (exact) mass is 409 g/mol. The molecular formula is C18H20BrNO5. The molecule has 1 aromatic carbocycles. The van der Waals surface area contributed by atoms with E-state index >= 15 is 0 Å². The first-order chi connectivity index (χ1) is 12.1. The van der Waals surface area contributed by atoms with Gasteiger partial charge in [-0.05, 0) is 42.7 Å². The van der Waals surface area contributed by atoms with Crippen molar-refractivity contribution in [2.45, 2.75) is 24.9 Å². The molecule has 1 aromatic heterocycles. The maximum atomic E-state index is 11.7. The molecule has 134 valence electrons. The van der Waals surface area contributed by atoms with Gasteiger partial charge in [0.15, 0.2) is 11.5 Å². The molecule has 1 N–H and O–H groups in total. The Kier molecular flexibility index (Phi) is 5.34. The molecule has 1 aliphatic heterocycles. The van der Waals surface area contributed by atoms with Crippen LogP contribution in [0.25, 0.3) is 0 Å². The second-order valence-electron chi connectivity index (χ2n) is 5.88. The molecule has 0 bridgehead atoms. The molecule has 2 heterocycles. The lowest BCUT2D eigenvalue weighted by atomic mass is 10.0. The normalized spacial score (nSPS) is 18.9. The third-order valence-electron chi connectivity index (χ3n) is 4.52. The van der Waals surface area contributed by atoms with Crippen LogP contribution >= 0.6 is 15.9 Å². The van der Waals surface area contributed by atoms with Gasteiger partial charge in [-0.2, -0.15) is 0 Å². The first-order valence-electron chi connectivity index (χ1n) is 8.00. The highest BCUT2D eigenvalue weighted by molar-refractivity contribution is 9.10. The number of ether oxygens (including phenoxy) is 2. The van der Waals surface area contributed by atoms with Gasteiger partial charge in [0.1, 0.15) is 11.8 Å². The average molecular weight is 410 g/mol. The number of methoxy groups -OCH3 is 2. The summed E-state index contributed by atoms with van der Waals surface area (Å²) in [6.07, 6.45) is 3.05. The number of benzene rings is 1. The topological polar surface area (TPSA) is 72.1 Å². The van der Waals surface area contributed by atoms with Crippen molar-refractivity contribution in [1.29, 1.82) is 0 Å². The molecule has 1 fully saturated rings. The first-order valence-corrected chi connectivity index (χ1v) is 8.79. The minimum absolute atomic E-state index is 0.326. The fourth-order valence-corrected chi connectivity index (χ4v) is 3.92. The Morgan fingerprint density at radius 2 is 2.08 bits per heavy atom. The lowest BCUT2D eigenvalue weighted by molar-refractivity contribution is -0.142. The van der Waals surface area contributed by atoms with E-state index in [2.05, 4.69) is 15.9 Å². The van der Waals surface area contributed by atoms with Crippen LogP contribution in [-0.4, -0.2) is 42.8 Å². The van der Waals surface area contributed by atoms with Crippen LogP contribution < -0.4 is 9.47 Å². The van der Waals surface area contributed by atoms with Gasteiger partial charge >= 0.3 is 5.97 Å². The van der Waals surface area contributed by atoms with Crippen molar-refractivity contribution < 1.29 is 23.8 Å². The molecule has 0 saturated carbocycles. The summed E-state index contributed by atoms with van der Waals surface area (Å²) >= 11 is 3.59. The Morgan fingerprint density at radius 1 is 1.36 bits per heavy atom. The summed E-state index contributed by atoms with van der Waals surface area (Å²) < 4.78 is 17.2. The molecular weight excluding hydrogens is 390 g/mol. The summed E-state index contributed by atoms with van der Waals surface area (Å²) in [7, 11) is 3.16. The van der Waals surface area contributed by atoms with E-state index in [-0.39, 0.29) is 6.04 Å². The molecule has 3 rings (SSSR count). The van der Waals surface area contributed by atoms with Crippen molar-refractivity contribution in [3.63, 3.8) is 0 Å². The standard InChI is InChI=1S/C18H20BrNO5/c1-23-15-9-11(12(19)10-16(15)24-2)17(14-6-4-8-25-14)20-7-3-5-13(20)18(21)22/h4,6,8-10,13,17H,3,5,7H2,1-2H3,(H,21,22). The fourth-order valence-electron chi connectivity index (χ4n) is 3.38. The van der Waals surface area contributed by atoms with Gasteiger partial charge in [0.2, 0.25) is 0 Å². The van der Waals surface area contributed by atoms with Gasteiger partial charge in [0, 0.05) is 11.0 Å². The van der Waals surface area contributed by atoms with Crippen LogP contribution in [0.15, 0.2) is 39.4 Å². The van der Waals surface area contributed by atoms with Crippen molar-refractivity contribution in [2.24, 2.45) is 0 Å². The van der Waals surface area contributed by atoms with Gasteiger partial charge in [-0.25, -0.2) is 0 Å². The molecule has 2 unspecified atom stereocenters. The van der Waals surface area contributed by atoms with E-state index in [4.69, 9.17) is 13.9 Å². The quantitative estimate of drug-likeness (QED) is 0.783. The molecule has 6 nitrogen and oxygen atoms in total. The van der Waals surface area contributed by atoms with Gasteiger partial charge in [-0.1, -0.05) is 15.9 Å². The molecule has 25 heavy (non-hydrogen) atoms. The number of aliphatic carboxylic acids is 1. The lowest BCUT2D eigenvalue weighted by Gasteiger charge is -2.31. The van der Waals surface area contributed by atoms with Crippen LogP contribution in [0.1, 0.15) is 30.2 Å². The van der Waals surface area contributed by atoms with Crippen molar-refractivity contribution in [3.8, 4) is 11.5 Å². The van der Waals surface area contributed by atoms with Gasteiger partial charge in [0.05, 0.1) is 26.5 Å². The summed E-state index contributed by atoms with van der Waals surface area (Å²) in [6.45, 7) is 0.684. The highest BCUT2D eigenvalue weighted by Crippen LogP contribution is 2.42. The Hall–Kier alpha value is -1.99. The zero-order chi connectivity index (χ0) is 18.0.